The molecule has 2 rings (SSSR count). The first-order valence-corrected chi connectivity index (χ1v) is 4.85. The van der Waals surface area contributed by atoms with Gasteiger partial charge in [-0.1, -0.05) is 0 Å². The van der Waals surface area contributed by atoms with Gasteiger partial charge in [-0.05, 0) is 19.8 Å². The number of imidazole rings is 1. The van der Waals surface area contributed by atoms with E-state index in [2.05, 4.69) is 15.3 Å². The molecule has 82 valence electrons. The highest BCUT2D eigenvalue weighted by Gasteiger charge is 2.31. The zero-order valence-corrected chi connectivity index (χ0v) is 8.33. The average molecular weight is 211 g/mol. The van der Waals surface area contributed by atoms with Crippen LogP contribution in [0, 0.1) is 6.92 Å². The zero-order valence-electron chi connectivity index (χ0n) is 8.33. The number of aryl methyl sites for hydroxylation is 1. The van der Waals surface area contributed by atoms with Gasteiger partial charge in [-0.25, -0.2) is 4.79 Å². The molecule has 1 aliphatic rings. The number of hydrogen-bond donors (Lipinski definition) is 4. The highest BCUT2D eigenvalue weighted by molar-refractivity contribution is 5.73. The summed E-state index contributed by atoms with van der Waals surface area (Å²) in [5, 5.41) is 11.8. The summed E-state index contributed by atoms with van der Waals surface area (Å²) in [5.74, 6) is -0.840. The van der Waals surface area contributed by atoms with Gasteiger partial charge in [-0.2, -0.15) is 0 Å². The maximum atomic E-state index is 11.0. The number of nitrogens with one attached hydrogen (secondary N) is 3. The van der Waals surface area contributed by atoms with Crippen molar-refractivity contribution < 1.29 is 9.90 Å². The van der Waals surface area contributed by atoms with Crippen LogP contribution in [0.25, 0.3) is 0 Å². The van der Waals surface area contributed by atoms with Gasteiger partial charge in [0.15, 0.2) is 0 Å². The van der Waals surface area contributed by atoms with E-state index in [-0.39, 0.29) is 11.7 Å². The Hall–Kier alpha value is -1.56. The number of carboxylic acids is 1. The van der Waals surface area contributed by atoms with E-state index in [9.17, 15) is 9.59 Å². The molecule has 1 aliphatic heterocycles. The molecule has 6 heteroatoms. The molecular formula is C9H13N3O3. The van der Waals surface area contributed by atoms with Gasteiger partial charge in [0, 0.05) is 11.7 Å². The molecular weight excluding hydrogens is 198 g/mol. The number of aromatic amines is 2. The van der Waals surface area contributed by atoms with Gasteiger partial charge < -0.3 is 15.1 Å². The van der Waals surface area contributed by atoms with Gasteiger partial charge in [0.2, 0.25) is 0 Å². The molecule has 1 saturated heterocycles. The molecule has 6 nitrogen and oxygen atoms in total. The molecule has 1 aromatic rings. The fourth-order valence-electron chi connectivity index (χ4n) is 2.00. The first-order valence-electron chi connectivity index (χ1n) is 4.85. The largest absolute Gasteiger partial charge is 0.480 e. The van der Waals surface area contributed by atoms with Crippen LogP contribution in [0.4, 0.5) is 0 Å². The second-order valence-corrected chi connectivity index (χ2v) is 3.81. The van der Waals surface area contributed by atoms with Crippen LogP contribution in [0.3, 0.4) is 0 Å². The lowest BCUT2D eigenvalue weighted by Gasteiger charge is -2.10. The van der Waals surface area contributed by atoms with Gasteiger partial charge in [0.25, 0.3) is 0 Å². The number of H-pyrrole nitrogens is 2. The van der Waals surface area contributed by atoms with Crippen LogP contribution in [0.2, 0.25) is 0 Å². The highest BCUT2D eigenvalue weighted by Crippen LogP contribution is 2.25. The Bertz CT molecular complexity index is 434. The van der Waals surface area contributed by atoms with Crippen LogP contribution in [-0.2, 0) is 4.79 Å². The van der Waals surface area contributed by atoms with Crippen molar-refractivity contribution in [1.82, 2.24) is 15.3 Å². The number of hydrogen-bond acceptors (Lipinski definition) is 3. The van der Waals surface area contributed by atoms with Crippen LogP contribution in [0.5, 0.6) is 0 Å². The second-order valence-electron chi connectivity index (χ2n) is 3.81. The number of rotatable bonds is 2. The Kier molecular flexibility index (Phi) is 2.36. The Balaban J connectivity index is 2.17. The first kappa shape index (κ1) is 9.97. The molecule has 0 aromatic carbocycles. The normalized spacial score (nSPS) is 25.7. The van der Waals surface area contributed by atoms with Crippen LogP contribution >= 0.6 is 0 Å². The SMILES string of the molecule is Cc1[nH]c(=O)[nH]c1C1CCC(C(=O)O)N1. The topological polar surface area (TPSA) is 98.0 Å². The molecule has 15 heavy (non-hydrogen) atoms. The van der Waals surface area contributed by atoms with E-state index in [0.29, 0.717) is 6.42 Å². The van der Waals surface area contributed by atoms with Crippen molar-refractivity contribution in [3.05, 3.63) is 21.9 Å². The molecule has 0 bridgehead atoms. The van der Waals surface area contributed by atoms with Crippen molar-refractivity contribution in [3.8, 4) is 0 Å². The van der Waals surface area contributed by atoms with E-state index in [0.717, 1.165) is 17.8 Å². The first-order chi connectivity index (χ1) is 7.08. The van der Waals surface area contributed by atoms with Crippen molar-refractivity contribution in [2.45, 2.75) is 31.8 Å². The van der Waals surface area contributed by atoms with Gasteiger partial charge in [-0.3, -0.25) is 10.1 Å². The molecule has 2 atom stereocenters. The fraction of sp³-hybridized carbons (Fsp3) is 0.556. The molecule has 1 fully saturated rings. The molecule has 0 amide bonds. The molecule has 1 aromatic heterocycles. The smallest absolute Gasteiger partial charge is 0.323 e. The van der Waals surface area contributed by atoms with E-state index < -0.39 is 12.0 Å². The number of aliphatic carboxylic acids is 1. The highest BCUT2D eigenvalue weighted by atomic mass is 16.4. The van der Waals surface area contributed by atoms with E-state index in [1.165, 1.54) is 0 Å². The number of carbonyl (C=O) groups is 1. The van der Waals surface area contributed by atoms with E-state index >= 15 is 0 Å². The Morgan fingerprint density at radius 1 is 1.40 bits per heavy atom. The lowest BCUT2D eigenvalue weighted by Crippen LogP contribution is -2.32. The average Bonchev–Trinajstić information content (AvgIpc) is 2.71. The molecule has 0 spiro atoms. The van der Waals surface area contributed by atoms with Gasteiger partial charge in [0.05, 0.1) is 5.69 Å². The van der Waals surface area contributed by atoms with Crippen LogP contribution in [0.15, 0.2) is 4.79 Å². The van der Waals surface area contributed by atoms with Crippen molar-refractivity contribution in [3.63, 3.8) is 0 Å². The third kappa shape index (κ3) is 1.80. The minimum atomic E-state index is -0.840. The number of carboxylic acid groups (broad SMARTS) is 1. The van der Waals surface area contributed by atoms with Gasteiger partial charge >= 0.3 is 11.7 Å². The standard InChI is InChI=1S/C9H13N3O3/c1-4-7(12-9(15)10-4)5-2-3-6(11-5)8(13)14/h5-6,11H,2-3H2,1H3,(H,13,14)(H2,10,12,15). The predicted octanol–water partition coefficient (Wildman–Crippen LogP) is -0.111. The summed E-state index contributed by atoms with van der Waals surface area (Å²) in [4.78, 5) is 27.1. The summed E-state index contributed by atoms with van der Waals surface area (Å²) < 4.78 is 0. The van der Waals surface area contributed by atoms with Gasteiger partial charge in [-0.15, -0.1) is 0 Å². The van der Waals surface area contributed by atoms with Crippen molar-refractivity contribution >= 4 is 5.97 Å². The second kappa shape index (κ2) is 3.54. The maximum Gasteiger partial charge on any atom is 0.323 e. The third-order valence-electron chi connectivity index (χ3n) is 2.75. The number of aromatic nitrogens is 2. The molecule has 0 saturated carbocycles. The molecule has 4 N–H and O–H groups in total. The van der Waals surface area contributed by atoms with Gasteiger partial charge in [0.1, 0.15) is 6.04 Å². The quantitative estimate of drug-likeness (QED) is 0.548. The summed E-state index contributed by atoms with van der Waals surface area (Å²) in [7, 11) is 0. The van der Waals surface area contributed by atoms with Crippen molar-refractivity contribution in [1.29, 1.82) is 0 Å². The van der Waals surface area contributed by atoms with Crippen molar-refractivity contribution in [2.75, 3.05) is 0 Å². The summed E-state index contributed by atoms with van der Waals surface area (Å²) in [6.45, 7) is 1.79. The third-order valence-corrected chi connectivity index (χ3v) is 2.75. The summed E-state index contributed by atoms with van der Waals surface area (Å²) in [5.41, 5.74) is 1.29. The molecule has 0 radical (unpaired) electrons. The van der Waals surface area contributed by atoms with E-state index in [1.807, 2.05) is 0 Å². The van der Waals surface area contributed by atoms with E-state index in [1.54, 1.807) is 6.92 Å². The van der Waals surface area contributed by atoms with Crippen LogP contribution in [-0.4, -0.2) is 27.1 Å². The Morgan fingerprint density at radius 2 is 2.13 bits per heavy atom. The van der Waals surface area contributed by atoms with Crippen LogP contribution in [0.1, 0.15) is 30.3 Å². The Morgan fingerprint density at radius 3 is 2.60 bits per heavy atom. The minimum absolute atomic E-state index is 0.0648. The zero-order chi connectivity index (χ0) is 11.0. The lowest BCUT2D eigenvalue weighted by atomic mass is 10.1. The molecule has 2 unspecified atom stereocenters. The lowest BCUT2D eigenvalue weighted by molar-refractivity contribution is -0.139. The minimum Gasteiger partial charge on any atom is -0.480 e. The Labute approximate surface area is 85.7 Å². The molecule has 0 aliphatic carbocycles. The van der Waals surface area contributed by atoms with E-state index in [4.69, 9.17) is 5.11 Å². The van der Waals surface area contributed by atoms with Crippen molar-refractivity contribution in [2.24, 2.45) is 0 Å². The maximum absolute atomic E-state index is 11.0. The van der Waals surface area contributed by atoms with Crippen LogP contribution < -0.4 is 11.0 Å². The molecule has 2 heterocycles. The monoisotopic (exact) mass is 211 g/mol. The summed E-state index contributed by atoms with van der Waals surface area (Å²) in [6.07, 6.45) is 1.32. The fourth-order valence-corrected chi connectivity index (χ4v) is 2.00. The predicted molar refractivity (Wildman–Crippen MR) is 52.7 cm³/mol. The summed E-state index contributed by atoms with van der Waals surface area (Å²) in [6, 6.07) is -0.571. The summed E-state index contributed by atoms with van der Waals surface area (Å²) >= 11 is 0.